The molecule has 4 rings (SSSR count). The van der Waals surface area contributed by atoms with E-state index in [1.54, 1.807) is 30.3 Å². The summed E-state index contributed by atoms with van der Waals surface area (Å²) < 4.78 is 0. The number of nitro groups is 1. The molecule has 152 valence electrons. The molecule has 8 heteroatoms. The van der Waals surface area contributed by atoms with Crippen LogP contribution in [0.4, 0.5) is 17.1 Å². The summed E-state index contributed by atoms with van der Waals surface area (Å²) in [5.41, 5.74) is 2.07. The molecule has 0 aromatic heterocycles. The molecule has 0 spiro atoms. The van der Waals surface area contributed by atoms with E-state index in [2.05, 4.69) is 5.32 Å². The normalized spacial score (nSPS) is 13.2. The molecule has 0 aliphatic carbocycles. The maximum absolute atomic E-state index is 13.1. The number of nitrogens with zero attached hydrogens (tertiary/aromatic N) is 3. The van der Waals surface area contributed by atoms with E-state index in [4.69, 9.17) is 0 Å². The third-order valence-electron chi connectivity index (χ3n) is 5.04. The first-order chi connectivity index (χ1) is 14.3. The standard InChI is InChI=1S/C22H20N4O4/c1-24(2)9-10-25-21(27)18-8-3-5-14-11-16(13-19(20(14)18)22(25)28)23-15-6-4-7-17(12-15)26(29)30/h3-8,11-13,23H,9-10H2,1-2H3. The molecule has 0 unspecified atom stereocenters. The Balaban J connectivity index is 1.77. The van der Waals surface area contributed by atoms with Gasteiger partial charge < -0.3 is 10.2 Å². The van der Waals surface area contributed by atoms with Crippen LogP contribution >= 0.6 is 0 Å². The Labute approximate surface area is 172 Å². The maximum Gasteiger partial charge on any atom is 0.271 e. The zero-order valence-corrected chi connectivity index (χ0v) is 16.6. The minimum absolute atomic E-state index is 0.0269. The number of benzene rings is 3. The van der Waals surface area contributed by atoms with Crippen molar-refractivity contribution in [2.45, 2.75) is 0 Å². The highest BCUT2D eigenvalue weighted by Crippen LogP contribution is 2.34. The van der Waals surface area contributed by atoms with Crippen LogP contribution < -0.4 is 5.32 Å². The van der Waals surface area contributed by atoms with Gasteiger partial charge in [0.25, 0.3) is 17.5 Å². The highest BCUT2D eigenvalue weighted by atomic mass is 16.6. The number of nitro benzene ring substituents is 1. The van der Waals surface area contributed by atoms with Gasteiger partial charge in [0.1, 0.15) is 0 Å². The molecular weight excluding hydrogens is 384 g/mol. The molecule has 0 bridgehead atoms. The van der Waals surface area contributed by atoms with Crippen molar-refractivity contribution in [1.29, 1.82) is 0 Å². The van der Waals surface area contributed by atoms with Gasteiger partial charge in [0, 0.05) is 47.5 Å². The summed E-state index contributed by atoms with van der Waals surface area (Å²) in [6.07, 6.45) is 0. The van der Waals surface area contributed by atoms with Gasteiger partial charge in [0.2, 0.25) is 0 Å². The Hall–Kier alpha value is -3.78. The Morgan fingerprint density at radius 1 is 0.967 bits per heavy atom. The van der Waals surface area contributed by atoms with Crippen molar-refractivity contribution in [2.24, 2.45) is 0 Å². The molecule has 0 fully saturated rings. The first-order valence-electron chi connectivity index (χ1n) is 9.44. The number of likely N-dealkylation sites (N-methyl/N-ethyl adjacent to an activating group) is 1. The number of non-ortho nitro benzene ring substituents is 1. The third-order valence-corrected chi connectivity index (χ3v) is 5.04. The van der Waals surface area contributed by atoms with Crippen molar-refractivity contribution in [3.8, 4) is 0 Å². The highest BCUT2D eigenvalue weighted by molar-refractivity contribution is 6.26. The SMILES string of the molecule is CN(C)CCN1C(=O)c2cccc3cc(Nc4cccc([N+](=O)[O-])c4)cc(c23)C1=O. The van der Waals surface area contributed by atoms with Crippen molar-refractivity contribution in [3.63, 3.8) is 0 Å². The van der Waals surface area contributed by atoms with Gasteiger partial charge in [-0.05, 0) is 43.7 Å². The lowest BCUT2D eigenvalue weighted by Gasteiger charge is -2.28. The van der Waals surface area contributed by atoms with Gasteiger partial charge in [0.05, 0.1) is 10.5 Å². The van der Waals surface area contributed by atoms with Crippen LogP contribution in [0.1, 0.15) is 20.7 Å². The van der Waals surface area contributed by atoms with E-state index in [0.29, 0.717) is 41.0 Å². The first kappa shape index (κ1) is 19.5. The topological polar surface area (TPSA) is 95.8 Å². The van der Waals surface area contributed by atoms with E-state index in [1.807, 2.05) is 31.1 Å². The lowest BCUT2D eigenvalue weighted by atomic mass is 9.93. The number of hydrogen-bond donors (Lipinski definition) is 1. The fourth-order valence-electron chi connectivity index (χ4n) is 3.60. The smallest absolute Gasteiger partial charge is 0.271 e. The Morgan fingerprint density at radius 3 is 2.43 bits per heavy atom. The van der Waals surface area contributed by atoms with Gasteiger partial charge >= 0.3 is 0 Å². The van der Waals surface area contributed by atoms with Crippen LogP contribution in [0.5, 0.6) is 0 Å². The van der Waals surface area contributed by atoms with Crippen LogP contribution in [0.15, 0.2) is 54.6 Å². The van der Waals surface area contributed by atoms with E-state index < -0.39 is 4.92 Å². The molecule has 1 aliphatic heterocycles. The highest BCUT2D eigenvalue weighted by Gasteiger charge is 2.32. The van der Waals surface area contributed by atoms with Gasteiger partial charge in [-0.2, -0.15) is 0 Å². The molecule has 1 N–H and O–H groups in total. The molecule has 1 aliphatic rings. The number of rotatable bonds is 6. The Bertz CT molecular complexity index is 1190. The second-order valence-electron chi connectivity index (χ2n) is 7.43. The number of nitrogens with one attached hydrogen (secondary N) is 1. The van der Waals surface area contributed by atoms with Gasteiger partial charge in [-0.1, -0.05) is 18.2 Å². The first-order valence-corrected chi connectivity index (χ1v) is 9.44. The number of anilines is 2. The van der Waals surface area contributed by atoms with Crippen molar-refractivity contribution in [3.05, 3.63) is 75.8 Å². The number of hydrogen-bond acceptors (Lipinski definition) is 6. The van der Waals surface area contributed by atoms with Crippen molar-refractivity contribution in [1.82, 2.24) is 9.80 Å². The van der Waals surface area contributed by atoms with E-state index in [0.717, 1.165) is 5.39 Å². The largest absolute Gasteiger partial charge is 0.355 e. The summed E-state index contributed by atoms with van der Waals surface area (Å²) in [6, 6.07) is 15.0. The molecule has 30 heavy (non-hydrogen) atoms. The van der Waals surface area contributed by atoms with Gasteiger partial charge in [-0.25, -0.2) is 0 Å². The lowest BCUT2D eigenvalue weighted by molar-refractivity contribution is -0.384. The predicted octanol–water partition coefficient (Wildman–Crippen LogP) is 3.65. The zero-order chi connectivity index (χ0) is 21.4. The van der Waals surface area contributed by atoms with Crippen LogP contribution in [0.25, 0.3) is 10.8 Å². The monoisotopic (exact) mass is 404 g/mol. The quantitative estimate of drug-likeness (QED) is 0.383. The van der Waals surface area contributed by atoms with Crippen molar-refractivity contribution >= 4 is 39.6 Å². The van der Waals surface area contributed by atoms with Gasteiger partial charge in [-0.15, -0.1) is 0 Å². The molecule has 0 atom stereocenters. The molecule has 2 amide bonds. The molecular formula is C22H20N4O4. The van der Waals surface area contributed by atoms with Crippen LogP contribution in [0.2, 0.25) is 0 Å². The number of carbonyl (C=O) groups is 2. The lowest BCUT2D eigenvalue weighted by Crippen LogP contribution is -2.43. The van der Waals surface area contributed by atoms with E-state index in [1.165, 1.54) is 17.0 Å². The molecule has 3 aromatic carbocycles. The summed E-state index contributed by atoms with van der Waals surface area (Å²) >= 11 is 0. The molecule has 0 radical (unpaired) electrons. The molecule has 0 saturated carbocycles. The van der Waals surface area contributed by atoms with Crippen molar-refractivity contribution < 1.29 is 14.5 Å². The van der Waals surface area contributed by atoms with Crippen LogP contribution in [-0.4, -0.2) is 53.7 Å². The zero-order valence-electron chi connectivity index (χ0n) is 16.6. The minimum Gasteiger partial charge on any atom is -0.355 e. The average Bonchev–Trinajstić information content (AvgIpc) is 2.71. The summed E-state index contributed by atoms with van der Waals surface area (Å²) in [7, 11) is 3.77. The van der Waals surface area contributed by atoms with Gasteiger partial charge in [0.15, 0.2) is 0 Å². The van der Waals surface area contributed by atoms with Crippen LogP contribution in [0, 0.1) is 10.1 Å². The molecule has 8 nitrogen and oxygen atoms in total. The predicted molar refractivity (Wildman–Crippen MR) is 114 cm³/mol. The summed E-state index contributed by atoms with van der Waals surface area (Å²) in [5, 5.41) is 15.6. The fraction of sp³-hybridized carbons (Fsp3) is 0.182. The number of imide groups is 1. The second-order valence-corrected chi connectivity index (χ2v) is 7.43. The minimum atomic E-state index is -0.459. The van der Waals surface area contributed by atoms with Crippen LogP contribution in [0.3, 0.4) is 0 Å². The average molecular weight is 404 g/mol. The maximum atomic E-state index is 13.1. The number of amides is 2. The summed E-state index contributed by atoms with van der Waals surface area (Å²) in [4.78, 5) is 39.8. The Kier molecular flexibility index (Phi) is 4.93. The summed E-state index contributed by atoms with van der Waals surface area (Å²) in [6.45, 7) is 0.859. The molecule has 0 saturated heterocycles. The second kappa shape index (κ2) is 7.57. The molecule has 3 aromatic rings. The molecule has 1 heterocycles. The van der Waals surface area contributed by atoms with E-state index >= 15 is 0 Å². The summed E-state index contributed by atoms with van der Waals surface area (Å²) in [5.74, 6) is -0.632. The van der Waals surface area contributed by atoms with Crippen molar-refractivity contribution in [2.75, 3.05) is 32.5 Å². The third kappa shape index (κ3) is 3.48. The van der Waals surface area contributed by atoms with E-state index in [-0.39, 0.29) is 17.5 Å². The van der Waals surface area contributed by atoms with Crippen LogP contribution in [-0.2, 0) is 0 Å². The fourth-order valence-corrected chi connectivity index (χ4v) is 3.60. The van der Waals surface area contributed by atoms with E-state index in [9.17, 15) is 19.7 Å². The Morgan fingerprint density at radius 2 is 1.70 bits per heavy atom. The van der Waals surface area contributed by atoms with Gasteiger partial charge in [-0.3, -0.25) is 24.6 Å². The number of carbonyl (C=O) groups excluding carboxylic acids is 2.